The lowest BCUT2D eigenvalue weighted by Gasteiger charge is -2.44. The van der Waals surface area contributed by atoms with Crippen molar-refractivity contribution >= 4 is 5.69 Å². The van der Waals surface area contributed by atoms with Crippen molar-refractivity contribution in [2.75, 3.05) is 11.4 Å². The van der Waals surface area contributed by atoms with Gasteiger partial charge in [0.15, 0.2) is 0 Å². The Morgan fingerprint density at radius 1 is 1.35 bits per heavy atom. The molecule has 0 radical (unpaired) electrons. The highest BCUT2D eigenvalue weighted by Gasteiger charge is 2.31. The molecule has 1 aromatic rings. The molecule has 1 aliphatic rings. The first-order chi connectivity index (χ1) is 8.00. The van der Waals surface area contributed by atoms with Crippen LogP contribution in [-0.4, -0.2) is 23.3 Å². The molecule has 1 aliphatic heterocycles. The Morgan fingerprint density at radius 2 is 2.06 bits per heavy atom. The summed E-state index contributed by atoms with van der Waals surface area (Å²) in [5, 5.41) is 9.64. The Morgan fingerprint density at radius 3 is 2.76 bits per heavy atom. The van der Waals surface area contributed by atoms with Gasteiger partial charge >= 0.3 is 0 Å². The first-order valence-electron chi connectivity index (χ1n) is 6.54. The lowest BCUT2D eigenvalue weighted by atomic mass is 9.90. The highest BCUT2D eigenvalue weighted by molar-refractivity contribution is 5.57. The second-order valence-electron chi connectivity index (χ2n) is 5.75. The number of aliphatic hydroxyl groups is 1. The predicted molar refractivity (Wildman–Crippen MR) is 72.5 cm³/mol. The largest absolute Gasteiger partial charge is 0.393 e. The second-order valence-corrected chi connectivity index (χ2v) is 5.75. The van der Waals surface area contributed by atoms with Crippen LogP contribution in [0.4, 0.5) is 5.69 Å². The van der Waals surface area contributed by atoms with Gasteiger partial charge in [0, 0.05) is 17.8 Å². The third-order valence-corrected chi connectivity index (χ3v) is 3.64. The fourth-order valence-electron chi connectivity index (χ4n) is 3.00. The average Bonchev–Trinajstić information content (AvgIpc) is 2.26. The van der Waals surface area contributed by atoms with Gasteiger partial charge in [0.05, 0.1) is 6.10 Å². The Hall–Kier alpha value is -1.02. The van der Waals surface area contributed by atoms with E-state index in [0.717, 1.165) is 13.0 Å². The summed E-state index contributed by atoms with van der Waals surface area (Å²) in [4.78, 5) is 2.46. The summed E-state index contributed by atoms with van der Waals surface area (Å²) < 4.78 is 0. The maximum Gasteiger partial charge on any atom is 0.0534 e. The molecule has 1 unspecified atom stereocenters. The maximum absolute atomic E-state index is 9.64. The number of benzene rings is 1. The van der Waals surface area contributed by atoms with E-state index in [1.165, 1.54) is 24.1 Å². The van der Waals surface area contributed by atoms with Crippen LogP contribution in [0.5, 0.6) is 0 Å². The summed E-state index contributed by atoms with van der Waals surface area (Å²) in [6.45, 7) is 7.41. The molecule has 1 aromatic carbocycles. The Balaban J connectivity index is 2.29. The lowest BCUT2D eigenvalue weighted by molar-refractivity contribution is 0.154. The van der Waals surface area contributed by atoms with Crippen molar-refractivity contribution in [3.8, 4) is 0 Å². The molecule has 0 bridgehead atoms. The van der Waals surface area contributed by atoms with Gasteiger partial charge in [0.2, 0.25) is 0 Å². The molecule has 0 aliphatic carbocycles. The fraction of sp³-hybridized carbons (Fsp3) is 0.600. The van der Waals surface area contributed by atoms with Crippen molar-refractivity contribution in [2.24, 2.45) is 0 Å². The molecular formula is C15H23NO. The van der Waals surface area contributed by atoms with Gasteiger partial charge in [-0.2, -0.15) is 0 Å². The third kappa shape index (κ3) is 2.63. The Bertz CT molecular complexity index is 384. The van der Waals surface area contributed by atoms with Crippen LogP contribution in [0.15, 0.2) is 24.3 Å². The van der Waals surface area contributed by atoms with Crippen molar-refractivity contribution in [2.45, 2.75) is 51.7 Å². The van der Waals surface area contributed by atoms with Crippen LogP contribution >= 0.6 is 0 Å². The van der Waals surface area contributed by atoms with Crippen molar-refractivity contribution in [3.05, 3.63) is 29.8 Å². The van der Waals surface area contributed by atoms with Crippen LogP contribution in [0.1, 0.15) is 39.2 Å². The van der Waals surface area contributed by atoms with Crippen LogP contribution in [0.3, 0.4) is 0 Å². The van der Waals surface area contributed by atoms with E-state index >= 15 is 0 Å². The quantitative estimate of drug-likeness (QED) is 0.867. The summed E-state index contributed by atoms with van der Waals surface area (Å²) in [6, 6.07) is 8.65. The molecule has 1 heterocycles. The summed E-state index contributed by atoms with van der Waals surface area (Å²) in [5.74, 6) is 0. The molecule has 0 saturated heterocycles. The molecule has 1 N–H and O–H groups in total. The van der Waals surface area contributed by atoms with Gasteiger partial charge in [-0.1, -0.05) is 18.2 Å². The number of aryl methyl sites for hydroxylation is 1. The minimum absolute atomic E-state index is 0.0185. The van der Waals surface area contributed by atoms with Crippen LogP contribution < -0.4 is 4.90 Å². The van der Waals surface area contributed by atoms with Gasteiger partial charge in [-0.15, -0.1) is 0 Å². The van der Waals surface area contributed by atoms with Gasteiger partial charge in [0.1, 0.15) is 0 Å². The smallest absolute Gasteiger partial charge is 0.0534 e. The van der Waals surface area contributed by atoms with Gasteiger partial charge < -0.3 is 10.0 Å². The molecule has 0 fully saturated rings. The fourth-order valence-corrected chi connectivity index (χ4v) is 3.00. The zero-order valence-corrected chi connectivity index (χ0v) is 11.1. The zero-order chi connectivity index (χ0) is 12.5. The van der Waals surface area contributed by atoms with Crippen molar-refractivity contribution in [3.63, 3.8) is 0 Å². The maximum atomic E-state index is 9.64. The van der Waals surface area contributed by atoms with Crippen LogP contribution in [-0.2, 0) is 6.42 Å². The minimum atomic E-state index is -0.251. The van der Waals surface area contributed by atoms with E-state index < -0.39 is 0 Å². The molecule has 0 aromatic heterocycles. The summed E-state index contributed by atoms with van der Waals surface area (Å²) in [7, 11) is 0. The number of nitrogens with zero attached hydrogens (tertiary/aromatic N) is 1. The number of para-hydroxylation sites is 1. The Kier molecular flexibility index (Phi) is 3.43. The molecule has 2 rings (SSSR count). The van der Waals surface area contributed by atoms with Gasteiger partial charge in [-0.05, 0) is 51.7 Å². The standard InChI is InChI=1S/C15H23NO/c1-12(17)11-15(2,3)16-10-6-8-13-7-4-5-9-14(13)16/h4-5,7,9,12,17H,6,8,10-11H2,1-3H3. The van der Waals surface area contributed by atoms with E-state index in [0.29, 0.717) is 0 Å². The summed E-state index contributed by atoms with van der Waals surface area (Å²) in [6.07, 6.45) is 2.94. The van der Waals surface area contributed by atoms with Crippen molar-refractivity contribution < 1.29 is 5.11 Å². The predicted octanol–water partition coefficient (Wildman–Crippen LogP) is 2.99. The molecule has 0 saturated carbocycles. The minimum Gasteiger partial charge on any atom is -0.393 e. The lowest BCUT2D eigenvalue weighted by Crippen LogP contribution is -2.48. The van der Waals surface area contributed by atoms with E-state index in [9.17, 15) is 5.11 Å². The van der Waals surface area contributed by atoms with E-state index in [-0.39, 0.29) is 11.6 Å². The van der Waals surface area contributed by atoms with Crippen molar-refractivity contribution in [1.29, 1.82) is 0 Å². The normalized spacial score (nSPS) is 17.8. The summed E-state index contributed by atoms with van der Waals surface area (Å²) in [5.41, 5.74) is 2.81. The highest BCUT2D eigenvalue weighted by atomic mass is 16.3. The van der Waals surface area contributed by atoms with E-state index in [1.54, 1.807) is 0 Å². The Labute approximate surface area is 104 Å². The first-order valence-corrected chi connectivity index (χ1v) is 6.54. The molecular weight excluding hydrogens is 210 g/mol. The number of hydrogen-bond acceptors (Lipinski definition) is 2. The number of hydrogen-bond donors (Lipinski definition) is 1. The third-order valence-electron chi connectivity index (χ3n) is 3.64. The zero-order valence-electron chi connectivity index (χ0n) is 11.1. The number of rotatable bonds is 3. The van der Waals surface area contributed by atoms with Crippen LogP contribution in [0, 0.1) is 0 Å². The molecule has 0 spiro atoms. The van der Waals surface area contributed by atoms with Crippen molar-refractivity contribution in [1.82, 2.24) is 0 Å². The molecule has 94 valence electrons. The number of aliphatic hydroxyl groups excluding tert-OH is 1. The van der Waals surface area contributed by atoms with Crippen LogP contribution in [0.25, 0.3) is 0 Å². The van der Waals surface area contributed by atoms with Gasteiger partial charge in [-0.3, -0.25) is 0 Å². The second kappa shape index (κ2) is 4.69. The van der Waals surface area contributed by atoms with E-state index in [4.69, 9.17) is 0 Å². The molecule has 0 amide bonds. The topological polar surface area (TPSA) is 23.5 Å². The SMILES string of the molecule is CC(O)CC(C)(C)N1CCCc2ccccc21. The van der Waals surface area contributed by atoms with Crippen LogP contribution in [0.2, 0.25) is 0 Å². The molecule has 2 heteroatoms. The molecule has 17 heavy (non-hydrogen) atoms. The van der Waals surface area contributed by atoms with E-state index in [2.05, 4.69) is 43.0 Å². The molecule has 2 nitrogen and oxygen atoms in total. The van der Waals surface area contributed by atoms with Gasteiger partial charge in [-0.25, -0.2) is 0 Å². The first kappa shape index (κ1) is 12.4. The average molecular weight is 233 g/mol. The van der Waals surface area contributed by atoms with E-state index in [1.807, 2.05) is 6.92 Å². The highest BCUT2D eigenvalue weighted by Crippen LogP contribution is 2.34. The number of fused-ring (bicyclic) bond motifs is 1. The summed E-state index contributed by atoms with van der Waals surface area (Å²) >= 11 is 0. The molecule has 1 atom stereocenters. The monoisotopic (exact) mass is 233 g/mol. The number of anilines is 1. The van der Waals surface area contributed by atoms with Gasteiger partial charge in [0.25, 0.3) is 0 Å².